The largest absolute Gasteiger partial charge is 0.309 e. The van der Waals surface area contributed by atoms with Crippen molar-refractivity contribution in [3.05, 3.63) is 41.2 Å². The van der Waals surface area contributed by atoms with Gasteiger partial charge in [0.15, 0.2) is 5.16 Å². The molecule has 0 aliphatic rings. The van der Waals surface area contributed by atoms with Crippen LogP contribution in [0, 0.1) is 13.8 Å². The van der Waals surface area contributed by atoms with Crippen molar-refractivity contribution in [2.24, 2.45) is 7.05 Å². The summed E-state index contributed by atoms with van der Waals surface area (Å²) < 4.78 is 1.81. The number of hydrogen-bond acceptors (Lipinski definition) is 4. The molecule has 1 heterocycles. The monoisotopic (exact) mass is 290 g/mol. The first-order valence-electron chi connectivity index (χ1n) is 6.89. The predicted octanol–water partition coefficient (Wildman–Crippen LogP) is 2.87. The van der Waals surface area contributed by atoms with Crippen LogP contribution in [0.1, 0.15) is 29.7 Å². The fourth-order valence-corrected chi connectivity index (χ4v) is 3.06. The molecule has 1 unspecified atom stereocenters. The fourth-order valence-electron chi connectivity index (χ4n) is 2.07. The molecule has 0 aliphatic carbocycles. The molecule has 108 valence electrons. The van der Waals surface area contributed by atoms with Gasteiger partial charge in [-0.3, -0.25) is 0 Å². The maximum Gasteiger partial charge on any atom is 0.185 e. The van der Waals surface area contributed by atoms with E-state index in [1.54, 1.807) is 18.1 Å². The Morgan fingerprint density at radius 2 is 2.10 bits per heavy atom. The zero-order valence-corrected chi connectivity index (χ0v) is 13.4. The fraction of sp³-hybridized carbons (Fsp3) is 0.467. The maximum absolute atomic E-state index is 4.26. The van der Waals surface area contributed by atoms with Crippen molar-refractivity contribution in [1.82, 2.24) is 20.1 Å². The van der Waals surface area contributed by atoms with Gasteiger partial charge in [0, 0.05) is 18.8 Å². The molecule has 4 nitrogen and oxygen atoms in total. The molecule has 1 N–H and O–H groups in total. The summed E-state index contributed by atoms with van der Waals surface area (Å²) in [6.45, 7) is 7.41. The van der Waals surface area contributed by atoms with Crippen molar-refractivity contribution in [3.8, 4) is 0 Å². The molecule has 5 heteroatoms. The van der Waals surface area contributed by atoms with Gasteiger partial charge < -0.3 is 5.32 Å². The molecule has 20 heavy (non-hydrogen) atoms. The van der Waals surface area contributed by atoms with Gasteiger partial charge in [0.05, 0.1) is 0 Å². The Balaban J connectivity index is 2.10. The first-order valence-corrected chi connectivity index (χ1v) is 7.87. The van der Waals surface area contributed by atoms with E-state index >= 15 is 0 Å². The molecule has 0 amide bonds. The summed E-state index contributed by atoms with van der Waals surface area (Å²) in [4.78, 5) is 4.26. The Hall–Kier alpha value is -1.33. The minimum atomic E-state index is 0.334. The summed E-state index contributed by atoms with van der Waals surface area (Å²) in [7, 11) is 1.92. The lowest BCUT2D eigenvalue weighted by molar-refractivity contribution is 0.603. The van der Waals surface area contributed by atoms with Gasteiger partial charge >= 0.3 is 0 Å². The highest BCUT2D eigenvalue weighted by Gasteiger charge is 2.13. The first-order chi connectivity index (χ1) is 9.61. The molecule has 2 rings (SSSR count). The second-order valence-corrected chi connectivity index (χ2v) is 5.92. The van der Waals surface area contributed by atoms with Crippen molar-refractivity contribution in [2.75, 3.05) is 12.3 Å². The van der Waals surface area contributed by atoms with E-state index in [2.05, 4.69) is 54.4 Å². The van der Waals surface area contributed by atoms with Crippen LogP contribution in [0.2, 0.25) is 0 Å². The molecule has 0 saturated carbocycles. The van der Waals surface area contributed by atoms with Crippen LogP contribution in [0.25, 0.3) is 0 Å². The van der Waals surface area contributed by atoms with Crippen molar-refractivity contribution >= 4 is 11.8 Å². The third kappa shape index (κ3) is 3.61. The van der Waals surface area contributed by atoms with Crippen molar-refractivity contribution in [2.45, 2.75) is 32.0 Å². The summed E-state index contributed by atoms with van der Waals surface area (Å²) in [5.74, 6) is 0.947. The van der Waals surface area contributed by atoms with E-state index in [1.165, 1.54) is 16.7 Å². The van der Waals surface area contributed by atoms with Crippen LogP contribution < -0.4 is 5.32 Å². The summed E-state index contributed by atoms with van der Waals surface area (Å²) in [6.07, 6.45) is 1.60. The molecule has 0 radical (unpaired) electrons. The molecular weight excluding hydrogens is 268 g/mol. The number of benzene rings is 1. The van der Waals surface area contributed by atoms with Gasteiger partial charge in [0.1, 0.15) is 6.33 Å². The Morgan fingerprint density at radius 1 is 1.30 bits per heavy atom. The topological polar surface area (TPSA) is 42.7 Å². The minimum Gasteiger partial charge on any atom is -0.309 e. The Bertz CT molecular complexity index is 565. The molecule has 1 aromatic heterocycles. The van der Waals surface area contributed by atoms with Gasteiger partial charge in [-0.15, -0.1) is 0 Å². The van der Waals surface area contributed by atoms with Crippen LogP contribution in [0.3, 0.4) is 0 Å². The Labute approximate surface area is 125 Å². The zero-order valence-electron chi connectivity index (χ0n) is 12.6. The smallest absolute Gasteiger partial charge is 0.185 e. The summed E-state index contributed by atoms with van der Waals surface area (Å²) in [6, 6.07) is 7.02. The van der Waals surface area contributed by atoms with E-state index in [0.29, 0.717) is 6.04 Å². The number of nitrogens with zero attached hydrogens (tertiary/aromatic N) is 3. The number of rotatable bonds is 6. The molecular formula is C15H22N4S. The first kappa shape index (κ1) is 15.1. The number of nitrogens with one attached hydrogen (secondary N) is 1. The highest BCUT2D eigenvalue weighted by Crippen LogP contribution is 2.24. The van der Waals surface area contributed by atoms with Crippen LogP contribution in [-0.4, -0.2) is 27.1 Å². The summed E-state index contributed by atoms with van der Waals surface area (Å²) >= 11 is 1.73. The molecule has 2 aromatic rings. The summed E-state index contributed by atoms with van der Waals surface area (Å²) in [5.41, 5.74) is 4.02. The van der Waals surface area contributed by atoms with Crippen LogP contribution in [-0.2, 0) is 7.05 Å². The van der Waals surface area contributed by atoms with Gasteiger partial charge in [-0.25, -0.2) is 9.67 Å². The highest BCUT2D eigenvalue weighted by atomic mass is 32.2. The molecule has 0 saturated heterocycles. The minimum absolute atomic E-state index is 0.334. The van der Waals surface area contributed by atoms with Gasteiger partial charge in [-0.05, 0) is 37.1 Å². The molecule has 1 aromatic carbocycles. The Morgan fingerprint density at radius 3 is 2.70 bits per heavy atom. The van der Waals surface area contributed by atoms with E-state index in [4.69, 9.17) is 0 Å². The lowest BCUT2D eigenvalue weighted by Crippen LogP contribution is -2.23. The van der Waals surface area contributed by atoms with Crippen molar-refractivity contribution in [1.29, 1.82) is 0 Å². The van der Waals surface area contributed by atoms with Crippen LogP contribution in [0.15, 0.2) is 29.7 Å². The van der Waals surface area contributed by atoms with Crippen molar-refractivity contribution in [3.63, 3.8) is 0 Å². The molecule has 0 bridgehead atoms. The lowest BCUT2D eigenvalue weighted by Gasteiger charge is -2.18. The number of hydrogen-bond donors (Lipinski definition) is 1. The van der Waals surface area contributed by atoms with Gasteiger partial charge in [-0.2, -0.15) is 5.10 Å². The summed E-state index contributed by atoms with van der Waals surface area (Å²) in [5, 5.41) is 8.61. The van der Waals surface area contributed by atoms with Crippen LogP contribution in [0.4, 0.5) is 0 Å². The third-order valence-electron chi connectivity index (χ3n) is 3.43. The molecule has 0 fully saturated rings. The molecule has 0 aliphatic heterocycles. The number of thioether (sulfide) groups is 1. The van der Waals surface area contributed by atoms with Crippen LogP contribution in [0.5, 0.6) is 0 Å². The average Bonchev–Trinajstić information content (AvgIpc) is 2.83. The highest BCUT2D eigenvalue weighted by molar-refractivity contribution is 7.99. The SMILES string of the molecule is CCNC(CSc1ncnn1C)c1ccc(C)c(C)c1. The van der Waals surface area contributed by atoms with Crippen LogP contribution >= 0.6 is 11.8 Å². The number of aromatic nitrogens is 3. The lowest BCUT2D eigenvalue weighted by atomic mass is 10.0. The van der Waals surface area contributed by atoms with Gasteiger partial charge in [-0.1, -0.05) is 36.9 Å². The standard InChI is InChI=1S/C15H22N4S/c1-5-16-14(9-20-15-17-10-18-19(15)4)13-7-6-11(2)12(3)8-13/h6-8,10,14,16H,5,9H2,1-4H3. The van der Waals surface area contributed by atoms with Gasteiger partial charge in [0.25, 0.3) is 0 Å². The van der Waals surface area contributed by atoms with E-state index in [-0.39, 0.29) is 0 Å². The van der Waals surface area contributed by atoms with Gasteiger partial charge in [0.2, 0.25) is 0 Å². The second kappa shape index (κ2) is 6.90. The Kier molecular flexibility index (Phi) is 5.20. The van der Waals surface area contributed by atoms with E-state index in [9.17, 15) is 0 Å². The molecule has 1 atom stereocenters. The normalized spacial score (nSPS) is 12.6. The predicted molar refractivity (Wildman–Crippen MR) is 84.1 cm³/mol. The van der Waals surface area contributed by atoms with Crippen molar-refractivity contribution < 1.29 is 0 Å². The average molecular weight is 290 g/mol. The van der Waals surface area contributed by atoms with E-state index in [0.717, 1.165) is 17.5 Å². The van der Waals surface area contributed by atoms with E-state index in [1.807, 2.05) is 11.7 Å². The zero-order chi connectivity index (χ0) is 14.5. The van der Waals surface area contributed by atoms with E-state index < -0.39 is 0 Å². The second-order valence-electron chi connectivity index (χ2n) is 4.93. The quantitative estimate of drug-likeness (QED) is 0.831. The maximum atomic E-state index is 4.26. The molecule has 0 spiro atoms. The third-order valence-corrected chi connectivity index (χ3v) is 4.56. The number of aryl methyl sites for hydroxylation is 3.